The van der Waals surface area contributed by atoms with E-state index in [1.807, 2.05) is 47.4 Å². The van der Waals surface area contributed by atoms with E-state index in [1.165, 1.54) is 11.3 Å². The zero-order chi connectivity index (χ0) is 21.5. The second-order valence-electron chi connectivity index (χ2n) is 6.93. The Bertz CT molecular complexity index is 967. The predicted molar refractivity (Wildman–Crippen MR) is 123 cm³/mol. The highest BCUT2D eigenvalue weighted by atomic mass is 32.1. The first-order chi connectivity index (χ1) is 14.6. The Kier molecular flexibility index (Phi) is 7.65. The molecular weight excluding hydrogens is 398 g/mol. The minimum Gasteiger partial charge on any atom is -0.497 e. The molecule has 0 N–H and O–H groups in total. The van der Waals surface area contributed by atoms with Crippen molar-refractivity contribution in [2.75, 3.05) is 45.3 Å². The number of ether oxygens (including phenoxy) is 2. The fraction of sp³-hybridized carbons (Fsp3) is 0.391. The summed E-state index contributed by atoms with van der Waals surface area (Å²) in [4.78, 5) is 22.1. The van der Waals surface area contributed by atoms with Crippen LogP contribution in [0, 0.1) is 0 Å². The van der Waals surface area contributed by atoms with Crippen LogP contribution in [0.25, 0.3) is 10.2 Å². The Balaban J connectivity index is 1.85. The summed E-state index contributed by atoms with van der Waals surface area (Å²) >= 11 is 1.52. The van der Waals surface area contributed by atoms with Gasteiger partial charge in [0.2, 0.25) is 5.91 Å². The number of amides is 1. The molecule has 6 nitrogen and oxygen atoms in total. The van der Waals surface area contributed by atoms with E-state index in [2.05, 4.69) is 18.7 Å². The van der Waals surface area contributed by atoms with Gasteiger partial charge >= 0.3 is 0 Å². The zero-order valence-electron chi connectivity index (χ0n) is 18.1. The number of aromatic nitrogens is 1. The van der Waals surface area contributed by atoms with Gasteiger partial charge in [-0.05, 0) is 49.0 Å². The number of methoxy groups -OCH3 is 2. The largest absolute Gasteiger partial charge is 0.497 e. The number of hydrogen-bond acceptors (Lipinski definition) is 6. The predicted octanol–water partition coefficient (Wildman–Crippen LogP) is 4.23. The van der Waals surface area contributed by atoms with Crippen molar-refractivity contribution >= 4 is 32.6 Å². The minimum atomic E-state index is 0.0401. The molecule has 2 aromatic carbocycles. The van der Waals surface area contributed by atoms with Gasteiger partial charge in [0.05, 0.1) is 30.9 Å². The van der Waals surface area contributed by atoms with E-state index >= 15 is 0 Å². The van der Waals surface area contributed by atoms with Crippen LogP contribution in [0.1, 0.15) is 19.4 Å². The average Bonchev–Trinajstić information content (AvgIpc) is 3.19. The van der Waals surface area contributed by atoms with Gasteiger partial charge in [0.25, 0.3) is 0 Å². The quantitative estimate of drug-likeness (QED) is 0.485. The number of likely N-dealkylation sites (N-methyl/N-ethyl adjacent to an activating group) is 1. The highest BCUT2D eigenvalue weighted by Gasteiger charge is 2.21. The van der Waals surface area contributed by atoms with E-state index in [0.29, 0.717) is 13.0 Å². The van der Waals surface area contributed by atoms with Crippen molar-refractivity contribution in [2.45, 2.75) is 20.3 Å². The normalized spacial score (nSPS) is 11.1. The molecule has 1 aromatic heterocycles. The number of nitrogens with zero attached hydrogens (tertiary/aromatic N) is 3. The summed E-state index contributed by atoms with van der Waals surface area (Å²) in [6.07, 6.45) is 0.321. The first kappa shape index (κ1) is 22.1. The van der Waals surface area contributed by atoms with Crippen LogP contribution in [0.3, 0.4) is 0 Å². The molecule has 0 aliphatic carbocycles. The molecule has 1 heterocycles. The van der Waals surface area contributed by atoms with Gasteiger partial charge < -0.3 is 14.4 Å². The molecule has 3 aromatic rings. The lowest BCUT2D eigenvalue weighted by molar-refractivity contribution is -0.118. The van der Waals surface area contributed by atoms with Gasteiger partial charge in [0, 0.05) is 13.1 Å². The molecule has 0 aliphatic rings. The van der Waals surface area contributed by atoms with Crippen molar-refractivity contribution < 1.29 is 14.3 Å². The first-order valence-electron chi connectivity index (χ1n) is 10.2. The molecular formula is C23H29N3O3S. The first-order valence-corrected chi connectivity index (χ1v) is 11.0. The van der Waals surface area contributed by atoms with Crippen LogP contribution in [0.5, 0.6) is 11.5 Å². The van der Waals surface area contributed by atoms with Gasteiger partial charge in [-0.2, -0.15) is 0 Å². The van der Waals surface area contributed by atoms with Gasteiger partial charge in [-0.15, -0.1) is 0 Å². The second-order valence-corrected chi connectivity index (χ2v) is 7.94. The lowest BCUT2D eigenvalue weighted by atomic mass is 10.1. The Morgan fingerprint density at radius 2 is 1.63 bits per heavy atom. The third-order valence-corrected chi connectivity index (χ3v) is 6.21. The molecule has 0 spiro atoms. The van der Waals surface area contributed by atoms with Gasteiger partial charge in [-0.25, -0.2) is 4.98 Å². The molecule has 0 radical (unpaired) electrons. The highest BCUT2D eigenvalue weighted by Crippen LogP contribution is 2.32. The summed E-state index contributed by atoms with van der Waals surface area (Å²) in [5, 5.41) is 0.726. The van der Waals surface area contributed by atoms with E-state index in [1.54, 1.807) is 14.2 Å². The number of benzene rings is 2. The number of thiazole rings is 1. The lowest BCUT2D eigenvalue weighted by Crippen LogP contribution is -2.39. The standard InChI is InChI=1S/C23H29N3O3S/c1-5-25(6-2)13-14-26(22(27)15-17-7-9-18(28-3)10-8-17)23-24-20-12-11-19(29-4)16-21(20)30-23/h7-12,16H,5-6,13-15H2,1-4H3. The van der Waals surface area contributed by atoms with Gasteiger partial charge in [0.1, 0.15) is 11.5 Å². The van der Waals surface area contributed by atoms with Gasteiger partial charge in [0.15, 0.2) is 5.13 Å². The molecule has 0 aliphatic heterocycles. The summed E-state index contributed by atoms with van der Waals surface area (Å²) in [6.45, 7) is 7.59. The Labute approximate surface area is 182 Å². The Morgan fingerprint density at radius 1 is 0.967 bits per heavy atom. The number of rotatable bonds is 10. The SMILES string of the molecule is CCN(CC)CCN(C(=O)Cc1ccc(OC)cc1)c1nc2ccc(OC)cc2s1. The van der Waals surface area contributed by atoms with E-state index in [-0.39, 0.29) is 5.91 Å². The summed E-state index contributed by atoms with van der Waals surface area (Å²) in [6, 6.07) is 13.4. The van der Waals surface area contributed by atoms with Crippen molar-refractivity contribution in [3.8, 4) is 11.5 Å². The van der Waals surface area contributed by atoms with Crippen LogP contribution >= 0.6 is 11.3 Å². The molecule has 0 saturated heterocycles. The third-order valence-electron chi connectivity index (χ3n) is 5.16. The number of carbonyl (C=O) groups is 1. The molecule has 3 rings (SSSR count). The van der Waals surface area contributed by atoms with Crippen molar-refractivity contribution in [3.05, 3.63) is 48.0 Å². The Morgan fingerprint density at radius 3 is 2.27 bits per heavy atom. The molecule has 7 heteroatoms. The van der Waals surface area contributed by atoms with Crippen LogP contribution in [0.15, 0.2) is 42.5 Å². The zero-order valence-corrected chi connectivity index (χ0v) is 18.9. The van der Waals surface area contributed by atoms with Crippen molar-refractivity contribution in [1.29, 1.82) is 0 Å². The van der Waals surface area contributed by atoms with E-state index in [0.717, 1.165) is 52.0 Å². The highest BCUT2D eigenvalue weighted by molar-refractivity contribution is 7.22. The average molecular weight is 428 g/mol. The van der Waals surface area contributed by atoms with E-state index < -0.39 is 0 Å². The molecule has 0 unspecified atom stereocenters. The van der Waals surface area contributed by atoms with Crippen molar-refractivity contribution in [1.82, 2.24) is 9.88 Å². The molecule has 0 atom stereocenters. The van der Waals surface area contributed by atoms with Crippen LogP contribution in [-0.4, -0.2) is 56.2 Å². The van der Waals surface area contributed by atoms with E-state index in [9.17, 15) is 4.79 Å². The third kappa shape index (κ3) is 5.29. The minimum absolute atomic E-state index is 0.0401. The topological polar surface area (TPSA) is 54.9 Å². The number of carbonyl (C=O) groups excluding carboxylic acids is 1. The molecule has 1 amide bonds. The maximum Gasteiger partial charge on any atom is 0.233 e. The van der Waals surface area contributed by atoms with E-state index in [4.69, 9.17) is 14.5 Å². The summed E-state index contributed by atoms with van der Waals surface area (Å²) in [5.41, 5.74) is 1.83. The van der Waals surface area contributed by atoms with Crippen molar-refractivity contribution in [2.24, 2.45) is 0 Å². The number of anilines is 1. The summed E-state index contributed by atoms with van der Waals surface area (Å²) in [7, 11) is 3.29. The van der Waals surface area contributed by atoms with Gasteiger partial charge in [-0.3, -0.25) is 9.69 Å². The Hall–Kier alpha value is -2.64. The maximum absolute atomic E-state index is 13.3. The van der Waals surface area contributed by atoms with Crippen molar-refractivity contribution in [3.63, 3.8) is 0 Å². The molecule has 30 heavy (non-hydrogen) atoms. The number of fused-ring (bicyclic) bond motifs is 1. The lowest BCUT2D eigenvalue weighted by Gasteiger charge is -2.24. The van der Waals surface area contributed by atoms with Crippen LogP contribution < -0.4 is 14.4 Å². The fourth-order valence-corrected chi connectivity index (χ4v) is 4.29. The van der Waals surface area contributed by atoms with Crippen LogP contribution in [0.2, 0.25) is 0 Å². The maximum atomic E-state index is 13.3. The molecule has 160 valence electrons. The molecule has 0 saturated carbocycles. The smallest absolute Gasteiger partial charge is 0.233 e. The molecule has 0 fully saturated rings. The summed E-state index contributed by atoms with van der Waals surface area (Å²) < 4.78 is 11.5. The van der Waals surface area contributed by atoms with Crippen LogP contribution in [0.4, 0.5) is 5.13 Å². The summed E-state index contributed by atoms with van der Waals surface area (Å²) in [5.74, 6) is 1.61. The second kappa shape index (κ2) is 10.4. The number of hydrogen-bond donors (Lipinski definition) is 0. The van der Waals surface area contributed by atoms with Gasteiger partial charge in [-0.1, -0.05) is 37.3 Å². The molecule has 0 bridgehead atoms. The monoisotopic (exact) mass is 427 g/mol. The fourth-order valence-electron chi connectivity index (χ4n) is 3.26. The van der Waals surface area contributed by atoms with Crippen LogP contribution in [-0.2, 0) is 11.2 Å².